The first-order valence-electron chi connectivity index (χ1n) is 14.9. The van der Waals surface area contributed by atoms with Gasteiger partial charge in [0.15, 0.2) is 0 Å². The van der Waals surface area contributed by atoms with Gasteiger partial charge in [-0.3, -0.25) is 19.4 Å². The first kappa shape index (κ1) is 28.2. The maximum Gasteiger partial charge on any atom is 0.282 e. The molecule has 3 aromatic heterocycles. The lowest BCUT2D eigenvalue weighted by atomic mass is 9.44. The highest BCUT2D eigenvalue weighted by Crippen LogP contribution is 2.62. The van der Waals surface area contributed by atoms with Crippen molar-refractivity contribution in [2.75, 3.05) is 18.4 Å². The minimum absolute atomic E-state index is 0.0593. The average Bonchev–Trinajstić information content (AvgIpc) is 3.37. The van der Waals surface area contributed by atoms with Gasteiger partial charge < -0.3 is 20.9 Å². The minimum atomic E-state index is -2.79. The average molecular weight is 603 g/mol. The van der Waals surface area contributed by atoms with Crippen molar-refractivity contribution in [3.05, 3.63) is 47.8 Å². The summed E-state index contributed by atoms with van der Waals surface area (Å²) in [5.74, 6) is -3.66. The van der Waals surface area contributed by atoms with Crippen LogP contribution in [0.1, 0.15) is 67.8 Å². The molecule has 44 heavy (non-hydrogen) atoms. The number of hydrogen-bond acceptors (Lipinski definition) is 7. The molecular weight excluding hydrogens is 570 g/mol. The third-order valence-corrected chi connectivity index (χ3v) is 9.48. The first-order chi connectivity index (χ1) is 21.0. The van der Waals surface area contributed by atoms with Crippen LogP contribution in [0.5, 0.6) is 0 Å². The van der Waals surface area contributed by atoms with Gasteiger partial charge in [-0.05, 0) is 69.2 Å². The number of fused-ring (bicyclic) bond motifs is 1. The van der Waals surface area contributed by atoms with Crippen LogP contribution in [0.4, 0.5) is 14.5 Å². The molecule has 228 valence electrons. The predicted molar refractivity (Wildman–Crippen MR) is 155 cm³/mol. The summed E-state index contributed by atoms with van der Waals surface area (Å²) >= 11 is 0. The van der Waals surface area contributed by atoms with Crippen LogP contribution in [0.15, 0.2) is 36.7 Å². The van der Waals surface area contributed by atoms with E-state index in [1.54, 1.807) is 16.8 Å². The third kappa shape index (κ3) is 4.92. The highest BCUT2D eigenvalue weighted by Gasteiger charge is 2.68. The van der Waals surface area contributed by atoms with Gasteiger partial charge in [0.2, 0.25) is 11.8 Å². The van der Waals surface area contributed by atoms with Gasteiger partial charge in [-0.1, -0.05) is 0 Å². The van der Waals surface area contributed by atoms with Gasteiger partial charge in [0, 0.05) is 36.2 Å². The molecule has 0 radical (unpaired) electrons. The summed E-state index contributed by atoms with van der Waals surface area (Å²) in [4.78, 5) is 43.7. The van der Waals surface area contributed by atoms with Gasteiger partial charge in [0.05, 0.1) is 53.0 Å². The number of carbonyl (C=O) groups excluding carboxylic acids is 3. The molecule has 0 aromatic carbocycles. The Morgan fingerprint density at radius 3 is 2.41 bits per heavy atom. The van der Waals surface area contributed by atoms with E-state index in [9.17, 15) is 28.4 Å². The number of carbonyl (C=O) groups is 3. The van der Waals surface area contributed by atoms with Gasteiger partial charge in [-0.2, -0.15) is 10.4 Å². The fourth-order valence-corrected chi connectivity index (χ4v) is 7.52. The number of aromatic nitrogens is 3. The molecule has 13 heteroatoms. The normalized spacial score (nSPS) is 28.1. The SMILES string of the molecule is CC(=O)NC12CC(Nc3cc(-c4ccc5cc(C#N)cnn45)ncc3C(=O)NC3CCC(C(=O)N4CC(F)(F)C4)CC3)(C1)C2. The van der Waals surface area contributed by atoms with Crippen molar-refractivity contribution in [2.24, 2.45) is 5.92 Å². The number of hydrogen-bond donors (Lipinski definition) is 3. The molecule has 2 bridgehead atoms. The molecule has 3 N–H and O–H groups in total. The summed E-state index contributed by atoms with van der Waals surface area (Å²) in [6.07, 6.45) is 7.52. The number of pyridine rings is 1. The Bertz CT molecular complexity index is 1710. The summed E-state index contributed by atoms with van der Waals surface area (Å²) in [7, 11) is 0. The van der Waals surface area contributed by atoms with Crippen molar-refractivity contribution in [3.8, 4) is 17.5 Å². The molecule has 1 aliphatic heterocycles. The summed E-state index contributed by atoms with van der Waals surface area (Å²) in [6.45, 7) is 0.496. The maximum absolute atomic E-state index is 13.6. The van der Waals surface area contributed by atoms with Gasteiger partial charge in [0.25, 0.3) is 11.8 Å². The second-order valence-corrected chi connectivity index (χ2v) is 13.0. The Morgan fingerprint density at radius 2 is 1.75 bits per heavy atom. The summed E-state index contributed by atoms with van der Waals surface area (Å²) in [6, 6.07) is 9.23. The first-order valence-corrected chi connectivity index (χ1v) is 14.9. The number of nitriles is 1. The maximum atomic E-state index is 13.6. The van der Waals surface area contributed by atoms with Gasteiger partial charge in [-0.15, -0.1) is 0 Å². The monoisotopic (exact) mass is 602 g/mol. The van der Waals surface area contributed by atoms with Crippen LogP contribution in [0.2, 0.25) is 0 Å². The molecule has 3 amide bonds. The van der Waals surface area contributed by atoms with Gasteiger partial charge in [-0.25, -0.2) is 13.3 Å². The standard InChI is InChI=1S/C31H32F2N8O3/c1-18(42)38-29-13-30(14-29,15-29)39-24-9-25(26-7-6-22-8-19(10-34)11-36-41(22)26)35-12-23(24)27(43)37-21-4-2-20(3-5-21)28(44)40-16-31(32,33)17-40/h6-9,11-12,20-21H,2-5,13-17H2,1H3,(H,35,39)(H,37,43)(H,38,42). The van der Waals surface area contributed by atoms with Crippen LogP contribution in [0.25, 0.3) is 16.9 Å². The lowest BCUT2D eigenvalue weighted by molar-refractivity contribution is -0.170. The van der Waals surface area contributed by atoms with E-state index < -0.39 is 19.0 Å². The van der Waals surface area contributed by atoms with Crippen molar-refractivity contribution in [2.45, 2.75) is 74.9 Å². The molecular formula is C31H32F2N8O3. The van der Waals surface area contributed by atoms with E-state index in [0.29, 0.717) is 53.9 Å². The van der Waals surface area contributed by atoms with E-state index in [4.69, 9.17) is 0 Å². The number of likely N-dealkylation sites (tertiary alicyclic amines) is 1. The van der Waals surface area contributed by atoms with Crippen LogP contribution in [0, 0.1) is 17.2 Å². The molecule has 0 atom stereocenters. The zero-order chi connectivity index (χ0) is 30.9. The minimum Gasteiger partial charge on any atom is -0.379 e. The molecule has 3 aromatic rings. The van der Waals surface area contributed by atoms with Crippen molar-refractivity contribution in [3.63, 3.8) is 0 Å². The fourth-order valence-electron chi connectivity index (χ4n) is 7.52. The van der Waals surface area contributed by atoms with E-state index >= 15 is 0 Å². The molecule has 8 rings (SSSR count). The Labute approximate surface area is 252 Å². The molecule has 1 saturated heterocycles. The van der Waals surface area contributed by atoms with E-state index in [1.165, 1.54) is 18.0 Å². The topological polar surface area (TPSA) is 145 Å². The van der Waals surface area contributed by atoms with Crippen LogP contribution in [0.3, 0.4) is 0 Å². The zero-order valence-electron chi connectivity index (χ0n) is 24.2. The lowest BCUT2D eigenvalue weighted by Crippen LogP contribution is -2.81. The quantitative estimate of drug-likeness (QED) is 0.377. The molecule has 5 fully saturated rings. The molecule has 0 unspecified atom stereocenters. The molecule has 4 aliphatic carbocycles. The van der Waals surface area contributed by atoms with Crippen LogP contribution in [-0.4, -0.2) is 73.4 Å². The molecule has 0 spiro atoms. The highest BCUT2D eigenvalue weighted by atomic mass is 19.3. The van der Waals surface area contributed by atoms with E-state index in [2.05, 4.69) is 32.1 Å². The number of alkyl halides is 2. The van der Waals surface area contributed by atoms with Crippen molar-refractivity contribution >= 4 is 28.9 Å². The number of nitrogens with zero attached hydrogens (tertiary/aromatic N) is 5. The van der Waals surface area contributed by atoms with Crippen LogP contribution in [-0.2, 0) is 9.59 Å². The molecule has 11 nitrogen and oxygen atoms in total. The zero-order valence-corrected chi connectivity index (χ0v) is 24.2. The van der Waals surface area contributed by atoms with E-state index in [0.717, 1.165) is 24.8 Å². The lowest BCUT2D eigenvalue weighted by Gasteiger charge is -2.70. The predicted octanol–water partition coefficient (Wildman–Crippen LogP) is 3.26. The van der Waals surface area contributed by atoms with Crippen molar-refractivity contribution in [1.82, 2.24) is 30.1 Å². The van der Waals surface area contributed by atoms with E-state index in [-0.39, 0.29) is 40.8 Å². The van der Waals surface area contributed by atoms with Crippen molar-refractivity contribution < 1.29 is 23.2 Å². The molecule has 5 aliphatic rings. The number of anilines is 1. The van der Waals surface area contributed by atoms with Gasteiger partial charge in [0.1, 0.15) is 6.07 Å². The second kappa shape index (κ2) is 9.97. The van der Waals surface area contributed by atoms with Crippen LogP contribution < -0.4 is 16.0 Å². The summed E-state index contributed by atoms with van der Waals surface area (Å²) in [5, 5.41) is 23.4. The van der Waals surface area contributed by atoms with Gasteiger partial charge >= 0.3 is 0 Å². The van der Waals surface area contributed by atoms with Crippen LogP contribution >= 0.6 is 0 Å². The largest absolute Gasteiger partial charge is 0.379 e. The molecule has 4 heterocycles. The smallest absolute Gasteiger partial charge is 0.282 e. The summed E-state index contributed by atoms with van der Waals surface area (Å²) in [5.41, 5.74) is 3.06. The fraction of sp³-hybridized carbons (Fsp3) is 0.484. The van der Waals surface area contributed by atoms with E-state index in [1.807, 2.05) is 18.2 Å². The summed E-state index contributed by atoms with van der Waals surface area (Å²) < 4.78 is 28.2. The Balaban J connectivity index is 1.08. The Kier molecular flexibility index (Phi) is 6.39. The van der Waals surface area contributed by atoms with Crippen molar-refractivity contribution in [1.29, 1.82) is 5.26 Å². The Morgan fingerprint density at radius 1 is 1.02 bits per heavy atom. The number of rotatable bonds is 7. The number of amides is 3. The number of halogens is 2. The molecule has 4 saturated carbocycles. The second-order valence-electron chi connectivity index (χ2n) is 13.0. The highest BCUT2D eigenvalue weighted by molar-refractivity contribution is 6.00. The number of nitrogens with one attached hydrogen (secondary N) is 3. The Hall–Kier alpha value is -4.60. The third-order valence-electron chi connectivity index (χ3n) is 9.48.